The molecule has 0 N–H and O–H groups in total. The second-order valence-electron chi connectivity index (χ2n) is 29.2. The van der Waals surface area contributed by atoms with E-state index in [0.29, 0.717) is 50.1 Å². The Kier molecular flexibility index (Phi) is 9.39. The lowest BCUT2D eigenvalue weighted by Gasteiger charge is -2.45. The van der Waals surface area contributed by atoms with Crippen molar-refractivity contribution < 1.29 is 33.2 Å². The third-order valence-electron chi connectivity index (χ3n) is 21.3. The Bertz CT molecular complexity index is 7850. The molecule has 0 radical (unpaired) electrons. The second kappa shape index (κ2) is 22.8. The highest BCUT2D eigenvalue weighted by Gasteiger charge is 2.46. The summed E-state index contributed by atoms with van der Waals surface area (Å²) < 4.78 is 211. The van der Waals surface area contributed by atoms with E-state index in [1.807, 2.05) is 108 Å². The lowest BCUT2D eigenvalue weighted by atomic mass is 9.33. The highest BCUT2D eigenvalue weighted by Crippen LogP contribution is 2.54. The predicted molar refractivity (Wildman–Crippen MR) is 444 cm³/mol. The standard InChI is InChI=1S/C98H72BN5O/c1-97(2,3)65-48-53-85-77(56-65)78-57-66(98(4,5)6)49-54-86(78)100(85)67-50-52-80-90(58-67)104(94-69(62-29-12-8-13-30-62)37-24-38-70(94)63-31-14-9-15-32-63)92-60-68(101-81-41-20-16-33-71(81)72-34-17-21-42-82(72)101)59-91-93(92)99(80)79-51-47-64(61-27-10-7-11-28-61)55-89(79)103(91)88-46-26-40-76-75-39-25-45-87(95(75)105-96(76)88)102-83-43-22-18-35-73(83)74-36-19-23-44-84(74)102/h7-60H,1-6H3/i7D,10D,11D,16D,17D,18D,19D,20D,21D,22D,23D,27D,28D,33D,34D,35D,36D,41D,42D,43D,44D. The highest BCUT2D eigenvalue weighted by atomic mass is 16.3. The molecule has 6 heterocycles. The zero-order chi connectivity index (χ0) is 88.4. The van der Waals surface area contributed by atoms with Gasteiger partial charge in [-0.25, -0.2) is 0 Å². The van der Waals surface area contributed by atoms with Gasteiger partial charge in [-0.1, -0.05) is 278 Å². The van der Waals surface area contributed by atoms with Crippen LogP contribution in [0.3, 0.4) is 0 Å². The second-order valence-corrected chi connectivity index (χ2v) is 29.2. The van der Waals surface area contributed by atoms with Crippen LogP contribution in [-0.2, 0) is 10.8 Å². The zero-order valence-electron chi connectivity index (χ0n) is 78.8. The molecule has 498 valence electrons. The summed E-state index contributed by atoms with van der Waals surface area (Å²) in [4.78, 5) is 4.16. The third kappa shape index (κ3) is 9.17. The van der Waals surface area contributed by atoms with Crippen molar-refractivity contribution in [3.05, 3.63) is 338 Å². The molecule has 0 fully saturated rings. The first-order valence-corrected chi connectivity index (χ1v) is 35.0. The molecule has 0 spiro atoms. The van der Waals surface area contributed by atoms with Crippen LogP contribution < -0.4 is 26.2 Å². The van der Waals surface area contributed by atoms with E-state index in [-0.39, 0.29) is 93.8 Å². The number of nitrogens with zero attached hydrogens (tertiary/aromatic N) is 5. The van der Waals surface area contributed by atoms with Gasteiger partial charge >= 0.3 is 0 Å². The molecule has 0 saturated heterocycles. The molecule has 4 aromatic heterocycles. The van der Waals surface area contributed by atoms with E-state index in [4.69, 9.17) is 11.3 Å². The molecular formula is C98H72BN5O. The number of aromatic nitrogens is 3. The molecule has 6 nitrogen and oxygen atoms in total. The van der Waals surface area contributed by atoms with Crippen LogP contribution in [-0.4, -0.2) is 20.4 Å². The number of para-hydroxylation sites is 7. The monoisotopic (exact) mass is 1370 g/mol. The fourth-order valence-electron chi connectivity index (χ4n) is 16.5. The van der Waals surface area contributed by atoms with E-state index in [1.165, 1.54) is 9.13 Å². The van der Waals surface area contributed by atoms with E-state index in [1.54, 1.807) is 30.3 Å². The van der Waals surface area contributed by atoms with Crippen molar-refractivity contribution in [2.45, 2.75) is 52.4 Å². The Morgan fingerprint density at radius 3 is 1.29 bits per heavy atom. The summed E-state index contributed by atoms with van der Waals surface area (Å²) in [6.07, 6.45) is 0. The smallest absolute Gasteiger partial charge is 0.252 e. The maximum absolute atomic E-state index is 10.2. The Morgan fingerprint density at radius 2 is 0.743 bits per heavy atom. The van der Waals surface area contributed by atoms with Crippen molar-refractivity contribution in [3.63, 3.8) is 0 Å². The van der Waals surface area contributed by atoms with Crippen LogP contribution >= 0.6 is 0 Å². The number of fused-ring (bicyclic) bond motifs is 16. The maximum atomic E-state index is 10.2. The van der Waals surface area contributed by atoms with E-state index < -0.39 is 134 Å². The lowest BCUT2D eigenvalue weighted by molar-refractivity contribution is 0.590. The van der Waals surface area contributed by atoms with Crippen molar-refractivity contribution in [1.82, 2.24) is 13.7 Å². The molecule has 2 aliphatic rings. The molecule has 19 aromatic rings. The average molecular weight is 1370 g/mol. The van der Waals surface area contributed by atoms with Gasteiger partial charge in [-0.15, -0.1) is 0 Å². The maximum Gasteiger partial charge on any atom is 0.252 e. The van der Waals surface area contributed by atoms with E-state index in [9.17, 15) is 21.9 Å². The fourth-order valence-corrected chi connectivity index (χ4v) is 16.5. The molecule has 0 aliphatic carbocycles. The third-order valence-corrected chi connectivity index (χ3v) is 21.3. The molecule has 0 amide bonds. The summed E-state index contributed by atoms with van der Waals surface area (Å²) in [7, 11) is 0. The molecule has 105 heavy (non-hydrogen) atoms. The summed E-state index contributed by atoms with van der Waals surface area (Å²) >= 11 is 0. The Morgan fingerprint density at radius 1 is 0.295 bits per heavy atom. The van der Waals surface area contributed by atoms with Crippen molar-refractivity contribution in [2.75, 3.05) is 9.80 Å². The van der Waals surface area contributed by atoms with Gasteiger partial charge in [-0.05, 0) is 151 Å². The van der Waals surface area contributed by atoms with Gasteiger partial charge in [0.15, 0.2) is 11.2 Å². The normalized spacial score (nSPS) is 15.8. The van der Waals surface area contributed by atoms with Gasteiger partial charge in [-0.3, -0.25) is 0 Å². The highest BCUT2D eigenvalue weighted by molar-refractivity contribution is 7.00. The molecule has 7 heteroatoms. The van der Waals surface area contributed by atoms with Crippen LogP contribution in [0.4, 0.5) is 34.1 Å². The minimum atomic E-state index is -0.876. The fraction of sp³-hybridized carbons (Fsp3) is 0.0816. The Hall–Kier alpha value is -12.8. The van der Waals surface area contributed by atoms with Gasteiger partial charge < -0.3 is 27.9 Å². The summed E-state index contributed by atoms with van der Waals surface area (Å²) in [6, 6.07) is 53.3. The molecule has 0 unspecified atom stereocenters. The number of furan rings is 1. The van der Waals surface area contributed by atoms with Crippen molar-refractivity contribution in [2.24, 2.45) is 0 Å². The minimum Gasteiger partial charge on any atom is -0.452 e. The van der Waals surface area contributed by atoms with Crippen molar-refractivity contribution >= 4 is 145 Å². The van der Waals surface area contributed by atoms with Crippen molar-refractivity contribution in [1.29, 1.82) is 0 Å². The van der Waals surface area contributed by atoms with E-state index in [0.717, 1.165) is 66.3 Å². The molecule has 0 saturated carbocycles. The zero-order valence-corrected chi connectivity index (χ0v) is 57.8. The molecule has 15 aromatic carbocycles. The van der Waals surface area contributed by atoms with Crippen LogP contribution in [0.25, 0.3) is 138 Å². The van der Waals surface area contributed by atoms with Gasteiger partial charge in [-0.2, -0.15) is 0 Å². The SMILES string of the molecule is [2H]c1c([2H])c([2H])c(-c2ccc3c(c2)N(c2cccc4c2oc2c(-n5c6c([2H])c([2H])c([2H])c([2H])c6c6c([2H])c([2H])c([2H])c([2H])c65)cccc24)c2cc(-n4c5c([2H])c([2H])c([2H])c([2H])c5c5c([2H])c([2H])c([2H])c([2H])c54)cc4c2B3c2ccc(-n3c5ccc(C(C)(C)C)cc5c5cc(C(C)(C)C)ccc53)cc2N4c2c(-c3ccccc3)cccc2-c2ccccc2)c([2H])c1[2H]. The average Bonchev–Trinajstić information content (AvgIpc) is 1.49. The van der Waals surface area contributed by atoms with Crippen molar-refractivity contribution in [3.8, 4) is 50.4 Å². The summed E-state index contributed by atoms with van der Waals surface area (Å²) in [5, 5.41) is 2.28. The number of benzene rings is 15. The van der Waals surface area contributed by atoms with E-state index >= 15 is 0 Å². The largest absolute Gasteiger partial charge is 0.452 e. The summed E-state index contributed by atoms with van der Waals surface area (Å²) in [5.74, 6) is 0. The van der Waals surface area contributed by atoms with Gasteiger partial charge in [0.2, 0.25) is 0 Å². The van der Waals surface area contributed by atoms with Crippen LogP contribution in [0.5, 0.6) is 0 Å². The number of hydrogen-bond donors (Lipinski definition) is 0. The number of anilines is 6. The molecule has 2 aliphatic heterocycles. The van der Waals surface area contributed by atoms with Gasteiger partial charge in [0, 0.05) is 82.7 Å². The Balaban J connectivity index is 0.966. The lowest BCUT2D eigenvalue weighted by Crippen LogP contribution is -2.61. The van der Waals surface area contributed by atoms with Crippen LogP contribution in [0.2, 0.25) is 0 Å². The molecular weight excluding hydrogens is 1270 g/mol. The van der Waals surface area contributed by atoms with Gasteiger partial charge in [0.25, 0.3) is 6.71 Å². The molecule has 0 bridgehead atoms. The topological polar surface area (TPSA) is 34.4 Å². The minimum absolute atomic E-state index is 0.0975. The van der Waals surface area contributed by atoms with Crippen LogP contribution in [0.15, 0.2) is 331 Å². The number of hydrogen-bond acceptors (Lipinski definition) is 3. The summed E-state index contributed by atoms with van der Waals surface area (Å²) in [5.41, 5.74) is 12.2. The predicted octanol–water partition coefficient (Wildman–Crippen LogP) is 24.6. The first-order valence-electron chi connectivity index (χ1n) is 45.5. The van der Waals surface area contributed by atoms with Gasteiger partial charge in [0.05, 0.1) is 84.6 Å². The quantitative estimate of drug-likeness (QED) is 0.142. The Labute approximate surface area is 639 Å². The molecule has 21 rings (SSSR count). The van der Waals surface area contributed by atoms with E-state index in [2.05, 4.69) is 118 Å². The summed E-state index contributed by atoms with van der Waals surface area (Å²) in [6.45, 7) is 12.3. The van der Waals surface area contributed by atoms with Gasteiger partial charge in [0.1, 0.15) is 0 Å². The first kappa shape index (κ1) is 43.2. The van der Waals surface area contributed by atoms with Crippen LogP contribution in [0.1, 0.15) is 81.5 Å². The number of rotatable bonds is 8. The molecule has 0 atom stereocenters. The van der Waals surface area contributed by atoms with Crippen LogP contribution in [0, 0.1) is 0 Å². The first-order chi connectivity index (χ1) is 60.1.